The number of aromatic nitrogens is 1. The fourth-order valence-corrected chi connectivity index (χ4v) is 2.01. The Balaban J connectivity index is 2.25. The second-order valence-electron chi connectivity index (χ2n) is 4.85. The van der Waals surface area contributed by atoms with Gasteiger partial charge in [0.25, 0.3) is 0 Å². The molecule has 0 aliphatic rings. The van der Waals surface area contributed by atoms with E-state index >= 15 is 0 Å². The SMILES string of the molecule is CC(CC#N)N(C)Cc1cc2ccccc2nc1N. The first-order valence-electron chi connectivity index (χ1n) is 6.33. The van der Waals surface area contributed by atoms with Crippen molar-refractivity contribution >= 4 is 16.7 Å². The van der Waals surface area contributed by atoms with Gasteiger partial charge in [-0.15, -0.1) is 0 Å². The lowest BCUT2D eigenvalue weighted by Crippen LogP contribution is -2.28. The summed E-state index contributed by atoms with van der Waals surface area (Å²) in [6.07, 6.45) is 0.511. The molecule has 2 aromatic rings. The molecule has 1 unspecified atom stereocenters. The molecule has 2 N–H and O–H groups in total. The highest BCUT2D eigenvalue weighted by molar-refractivity contribution is 5.81. The Kier molecular flexibility index (Phi) is 3.98. The smallest absolute Gasteiger partial charge is 0.128 e. The summed E-state index contributed by atoms with van der Waals surface area (Å²) in [5, 5.41) is 9.82. The molecule has 0 aliphatic heterocycles. The summed E-state index contributed by atoms with van der Waals surface area (Å²) in [5.74, 6) is 0.565. The molecule has 4 nitrogen and oxygen atoms in total. The first kappa shape index (κ1) is 13.3. The van der Waals surface area contributed by atoms with Crippen LogP contribution in [0.5, 0.6) is 0 Å². The number of nitrogens with two attached hydrogens (primary N) is 1. The lowest BCUT2D eigenvalue weighted by Gasteiger charge is -2.23. The van der Waals surface area contributed by atoms with Crippen LogP contribution in [-0.2, 0) is 6.54 Å². The van der Waals surface area contributed by atoms with E-state index in [9.17, 15) is 0 Å². The number of nitrogen functional groups attached to an aromatic ring is 1. The van der Waals surface area contributed by atoms with Crippen molar-refractivity contribution in [2.45, 2.75) is 25.9 Å². The highest BCUT2D eigenvalue weighted by Crippen LogP contribution is 2.20. The molecule has 1 atom stereocenters. The summed E-state index contributed by atoms with van der Waals surface area (Å²) in [4.78, 5) is 6.54. The van der Waals surface area contributed by atoms with Crippen molar-refractivity contribution in [2.24, 2.45) is 0 Å². The summed E-state index contributed by atoms with van der Waals surface area (Å²) in [6, 6.07) is 12.4. The van der Waals surface area contributed by atoms with Crippen molar-refractivity contribution < 1.29 is 0 Å². The Labute approximate surface area is 113 Å². The molecule has 1 heterocycles. The molecule has 1 aromatic carbocycles. The Hall–Kier alpha value is -2.12. The third-order valence-electron chi connectivity index (χ3n) is 3.40. The molecule has 19 heavy (non-hydrogen) atoms. The molecular formula is C15H18N4. The fourth-order valence-electron chi connectivity index (χ4n) is 2.01. The van der Waals surface area contributed by atoms with E-state index in [1.165, 1.54) is 0 Å². The maximum atomic E-state index is 8.73. The summed E-state index contributed by atoms with van der Waals surface area (Å²) in [6.45, 7) is 2.74. The molecule has 2 rings (SSSR count). The number of anilines is 1. The molecule has 0 saturated carbocycles. The number of hydrogen-bond donors (Lipinski definition) is 1. The maximum absolute atomic E-state index is 8.73. The summed E-state index contributed by atoms with van der Waals surface area (Å²) in [7, 11) is 2.00. The molecule has 4 heteroatoms. The van der Waals surface area contributed by atoms with Crippen LogP contribution in [0.15, 0.2) is 30.3 Å². The lowest BCUT2D eigenvalue weighted by molar-refractivity contribution is 0.253. The molecule has 1 aromatic heterocycles. The van der Waals surface area contributed by atoms with Gasteiger partial charge >= 0.3 is 0 Å². The van der Waals surface area contributed by atoms with Gasteiger partial charge in [0.1, 0.15) is 5.82 Å². The molecule has 0 spiro atoms. The van der Waals surface area contributed by atoms with Crippen molar-refractivity contribution in [3.05, 3.63) is 35.9 Å². The largest absolute Gasteiger partial charge is 0.383 e. The fraction of sp³-hybridized carbons (Fsp3) is 0.333. The molecular weight excluding hydrogens is 236 g/mol. The standard InChI is InChI=1S/C15H18N4/c1-11(7-8-16)19(2)10-13-9-12-5-3-4-6-14(12)18-15(13)17/h3-6,9,11H,7,10H2,1-2H3,(H2,17,18). The predicted molar refractivity (Wildman–Crippen MR) is 77.3 cm³/mol. The number of nitrogens with zero attached hydrogens (tertiary/aromatic N) is 3. The minimum atomic E-state index is 0.205. The first-order valence-corrected chi connectivity index (χ1v) is 6.33. The number of hydrogen-bond acceptors (Lipinski definition) is 4. The Bertz CT molecular complexity index is 615. The van der Waals surface area contributed by atoms with E-state index in [1.807, 2.05) is 38.2 Å². The van der Waals surface area contributed by atoms with Gasteiger partial charge < -0.3 is 5.73 Å². The van der Waals surface area contributed by atoms with E-state index in [1.54, 1.807) is 0 Å². The van der Waals surface area contributed by atoms with Crippen LogP contribution in [0.25, 0.3) is 10.9 Å². The quantitative estimate of drug-likeness (QED) is 0.910. The monoisotopic (exact) mass is 254 g/mol. The molecule has 0 aliphatic carbocycles. The Morgan fingerprint density at radius 1 is 1.42 bits per heavy atom. The van der Waals surface area contributed by atoms with Gasteiger partial charge in [-0.25, -0.2) is 4.98 Å². The highest BCUT2D eigenvalue weighted by Gasteiger charge is 2.12. The second kappa shape index (κ2) is 5.68. The van der Waals surface area contributed by atoms with Gasteiger partial charge in [0.05, 0.1) is 18.0 Å². The molecule has 0 saturated heterocycles. The normalized spacial score (nSPS) is 12.5. The van der Waals surface area contributed by atoms with Gasteiger partial charge in [0, 0.05) is 23.5 Å². The van der Waals surface area contributed by atoms with Crippen LogP contribution in [0.4, 0.5) is 5.82 Å². The van der Waals surface area contributed by atoms with Crippen LogP contribution in [-0.4, -0.2) is 23.0 Å². The van der Waals surface area contributed by atoms with Gasteiger partial charge in [-0.3, -0.25) is 4.90 Å². The number of fused-ring (bicyclic) bond motifs is 1. The number of rotatable bonds is 4. The predicted octanol–water partition coefficient (Wildman–Crippen LogP) is 2.55. The third-order valence-corrected chi connectivity index (χ3v) is 3.40. The van der Waals surface area contributed by atoms with Crippen LogP contribution < -0.4 is 5.73 Å². The zero-order valence-electron chi connectivity index (χ0n) is 11.3. The van der Waals surface area contributed by atoms with Gasteiger partial charge in [-0.2, -0.15) is 5.26 Å². The molecule has 0 bridgehead atoms. The Morgan fingerprint density at radius 3 is 2.89 bits per heavy atom. The average molecular weight is 254 g/mol. The second-order valence-corrected chi connectivity index (χ2v) is 4.85. The number of nitriles is 1. The Morgan fingerprint density at radius 2 is 2.16 bits per heavy atom. The van der Waals surface area contributed by atoms with Crippen molar-refractivity contribution in [1.29, 1.82) is 5.26 Å². The minimum Gasteiger partial charge on any atom is -0.383 e. The summed E-state index contributed by atoms with van der Waals surface area (Å²) in [5.41, 5.74) is 7.93. The highest BCUT2D eigenvalue weighted by atomic mass is 15.1. The van der Waals surface area contributed by atoms with Crippen LogP contribution in [0.1, 0.15) is 18.9 Å². The van der Waals surface area contributed by atoms with Crippen LogP contribution in [0.2, 0.25) is 0 Å². The van der Waals surface area contributed by atoms with Crippen molar-refractivity contribution in [2.75, 3.05) is 12.8 Å². The topological polar surface area (TPSA) is 65.9 Å². The number of benzene rings is 1. The van der Waals surface area contributed by atoms with E-state index in [0.717, 1.165) is 16.5 Å². The molecule has 98 valence electrons. The van der Waals surface area contributed by atoms with Gasteiger partial charge in [-0.05, 0) is 26.1 Å². The minimum absolute atomic E-state index is 0.205. The molecule has 0 fully saturated rings. The van der Waals surface area contributed by atoms with E-state index in [2.05, 4.69) is 22.0 Å². The third kappa shape index (κ3) is 3.01. The van der Waals surface area contributed by atoms with Crippen LogP contribution in [0.3, 0.4) is 0 Å². The average Bonchev–Trinajstić information content (AvgIpc) is 2.39. The van der Waals surface area contributed by atoms with E-state index in [-0.39, 0.29) is 6.04 Å². The van der Waals surface area contributed by atoms with E-state index in [4.69, 9.17) is 11.0 Å². The van der Waals surface area contributed by atoms with Gasteiger partial charge in [0.2, 0.25) is 0 Å². The molecule has 0 amide bonds. The van der Waals surface area contributed by atoms with Crippen molar-refractivity contribution in [1.82, 2.24) is 9.88 Å². The zero-order chi connectivity index (χ0) is 13.8. The molecule has 0 radical (unpaired) electrons. The van der Waals surface area contributed by atoms with Crippen LogP contribution >= 0.6 is 0 Å². The van der Waals surface area contributed by atoms with Gasteiger partial charge in [0.15, 0.2) is 0 Å². The van der Waals surface area contributed by atoms with E-state index < -0.39 is 0 Å². The number of pyridine rings is 1. The zero-order valence-corrected chi connectivity index (χ0v) is 11.3. The maximum Gasteiger partial charge on any atom is 0.128 e. The van der Waals surface area contributed by atoms with Crippen molar-refractivity contribution in [3.63, 3.8) is 0 Å². The van der Waals surface area contributed by atoms with Crippen molar-refractivity contribution in [3.8, 4) is 6.07 Å². The summed E-state index contributed by atoms with van der Waals surface area (Å²) >= 11 is 0. The number of para-hydroxylation sites is 1. The lowest BCUT2D eigenvalue weighted by atomic mass is 10.1. The van der Waals surface area contributed by atoms with E-state index in [0.29, 0.717) is 18.8 Å². The first-order chi connectivity index (χ1) is 9.11. The van der Waals surface area contributed by atoms with Crippen LogP contribution in [0, 0.1) is 11.3 Å². The summed E-state index contributed by atoms with van der Waals surface area (Å²) < 4.78 is 0. The van der Waals surface area contributed by atoms with Gasteiger partial charge in [-0.1, -0.05) is 18.2 Å².